The molecule has 1 aliphatic heterocycles. The van der Waals surface area contributed by atoms with Gasteiger partial charge in [0.1, 0.15) is 0 Å². The van der Waals surface area contributed by atoms with Gasteiger partial charge in [0.25, 0.3) is 0 Å². The largest absolute Gasteiger partial charge is 0.481 e. The van der Waals surface area contributed by atoms with Crippen LogP contribution in [-0.2, 0) is 4.79 Å². The number of hydrogen-bond acceptors (Lipinski definition) is 2. The van der Waals surface area contributed by atoms with E-state index in [1.807, 2.05) is 4.90 Å². The maximum Gasteiger partial charge on any atom is 0.317 e. The van der Waals surface area contributed by atoms with Crippen LogP contribution in [0.25, 0.3) is 0 Å². The van der Waals surface area contributed by atoms with E-state index in [9.17, 15) is 9.59 Å². The second-order valence-electron chi connectivity index (χ2n) is 4.48. The number of carbonyl (C=O) groups is 2. The molecule has 0 unspecified atom stereocenters. The summed E-state index contributed by atoms with van der Waals surface area (Å²) in [7, 11) is 0. The molecule has 0 bridgehead atoms. The minimum atomic E-state index is -0.814. The number of rotatable bonds is 4. The van der Waals surface area contributed by atoms with Crippen molar-refractivity contribution in [2.24, 2.45) is 0 Å². The van der Waals surface area contributed by atoms with Crippen molar-refractivity contribution < 1.29 is 14.7 Å². The topological polar surface area (TPSA) is 69.6 Å². The number of carbonyl (C=O) groups excluding carboxylic acids is 1. The number of nitrogens with zero attached hydrogens (tertiary/aromatic N) is 1. The lowest BCUT2D eigenvalue weighted by Crippen LogP contribution is -2.41. The molecule has 0 aromatic carbocycles. The van der Waals surface area contributed by atoms with Gasteiger partial charge in [0.2, 0.25) is 0 Å². The average molecular weight is 242 g/mol. The van der Waals surface area contributed by atoms with Crippen molar-refractivity contribution in [2.45, 2.75) is 44.9 Å². The molecule has 2 N–H and O–H groups in total. The number of urea groups is 1. The highest BCUT2D eigenvalue weighted by molar-refractivity contribution is 5.74. The third kappa shape index (κ3) is 6.14. The minimum absolute atomic E-state index is 0.0442. The molecule has 1 fully saturated rings. The number of aliphatic carboxylic acids is 1. The standard InChI is InChI=1S/C12H22N2O3/c15-11(16)7-6-8-13-12(17)14-9-4-2-1-3-5-10-14/h1-10H2,(H,13,17)(H,15,16). The molecule has 0 aromatic heterocycles. The maximum absolute atomic E-state index is 11.8. The Balaban J connectivity index is 2.18. The van der Waals surface area contributed by atoms with Gasteiger partial charge >= 0.3 is 12.0 Å². The van der Waals surface area contributed by atoms with Gasteiger partial charge in [-0.2, -0.15) is 0 Å². The fourth-order valence-corrected chi connectivity index (χ4v) is 2.00. The third-order valence-corrected chi connectivity index (χ3v) is 2.99. The molecule has 5 nitrogen and oxygen atoms in total. The quantitative estimate of drug-likeness (QED) is 0.739. The van der Waals surface area contributed by atoms with E-state index in [0.29, 0.717) is 13.0 Å². The normalized spacial score (nSPS) is 17.1. The van der Waals surface area contributed by atoms with Gasteiger partial charge in [-0.3, -0.25) is 4.79 Å². The zero-order chi connectivity index (χ0) is 12.5. The van der Waals surface area contributed by atoms with E-state index in [0.717, 1.165) is 25.9 Å². The Hall–Kier alpha value is -1.26. The fraction of sp³-hybridized carbons (Fsp3) is 0.833. The predicted octanol–water partition coefficient (Wildman–Crippen LogP) is 1.83. The second-order valence-corrected chi connectivity index (χ2v) is 4.48. The van der Waals surface area contributed by atoms with Gasteiger partial charge in [0.15, 0.2) is 0 Å². The van der Waals surface area contributed by atoms with Crippen molar-refractivity contribution in [3.8, 4) is 0 Å². The predicted molar refractivity (Wildman–Crippen MR) is 64.9 cm³/mol. The molecular weight excluding hydrogens is 220 g/mol. The van der Waals surface area contributed by atoms with E-state index in [-0.39, 0.29) is 12.5 Å². The summed E-state index contributed by atoms with van der Waals surface area (Å²) in [4.78, 5) is 23.9. The minimum Gasteiger partial charge on any atom is -0.481 e. The van der Waals surface area contributed by atoms with E-state index < -0.39 is 5.97 Å². The van der Waals surface area contributed by atoms with E-state index >= 15 is 0 Å². The summed E-state index contributed by atoms with van der Waals surface area (Å²) in [5, 5.41) is 11.3. The van der Waals surface area contributed by atoms with Crippen LogP contribution in [0.4, 0.5) is 4.79 Å². The van der Waals surface area contributed by atoms with Crippen molar-refractivity contribution in [2.75, 3.05) is 19.6 Å². The summed E-state index contributed by atoms with van der Waals surface area (Å²) in [5.41, 5.74) is 0. The molecule has 98 valence electrons. The first-order chi connectivity index (χ1) is 8.20. The van der Waals surface area contributed by atoms with Gasteiger partial charge in [-0.15, -0.1) is 0 Å². The average Bonchev–Trinajstić information content (AvgIpc) is 2.23. The van der Waals surface area contributed by atoms with Crippen LogP contribution in [0.3, 0.4) is 0 Å². The van der Waals surface area contributed by atoms with Crippen LogP contribution in [0.1, 0.15) is 44.9 Å². The van der Waals surface area contributed by atoms with Crippen molar-refractivity contribution >= 4 is 12.0 Å². The Morgan fingerprint density at radius 3 is 2.24 bits per heavy atom. The number of amides is 2. The van der Waals surface area contributed by atoms with Crippen molar-refractivity contribution in [3.05, 3.63) is 0 Å². The highest BCUT2D eigenvalue weighted by Crippen LogP contribution is 2.10. The van der Waals surface area contributed by atoms with Crippen LogP contribution in [0.2, 0.25) is 0 Å². The third-order valence-electron chi connectivity index (χ3n) is 2.99. The molecular formula is C12H22N2O3. The molecule has 1 saturated heterocycles. The number of likely N-dealkylation sites (tertiary alicyclic amines) is 1. The lowest BCUT2D eigenvalue weighted by Gasteiger charge is -2.24. The summed E-state index contributed by atoms with van der Waals surface area (Å²) < 4.78 is 0. The zero-order valence-corrected chi connectivity index (χ0v) is 10.3. The molecule has 2 amide bonds. The Kier molecular flexibility index (Phi) is 6.43. The number of nitrogens with one attached hydrogen (secondary N) is 1. The summed E-state index contributed by atoms with van der Waals surface area (Å²) >= 11 is 0. The number of hydrogen-bond donors (Lipinski definition) is 2. The highest BCUT2D eigenvalue weighted by Gasteiger charge is 2.13. The Morgan fingerprint density at radius 1 is 1.06 bits per heavy atom. The lowest BCUT2D eigenvalue weighted by atomic mass is 10.1. The maximum atomic E-state index is 11.8. The van der Waals surface area contributed by atoms with E-state index in [1.165, 1.54) is 19.3 Å². The van der Waals surface area contributed by atoms with Crippen molar-refractivity contribution in [1.82, 2.24) is 10.2 Å². The summed E-state index contributed by atoms with van der Waals surface area (Å²) in [6.45, 7) is 2.09. The van der Waals surface area contributed by atoms with E-state index in [1.54, 1.807) is 0 Å². The fourth-order valence-electron chi connectivity index (χ4n) is 2.00. The van der Waals surface area contributed by atoms with Crippen LogP contribution in [0.5, 0.6) is 0 Å². The molecule has 1 aliphatic rings. The first kappa shape index (κ1) is 13.8. The monoisotopic (exact) mass is 242 g/mol. The Labute approximate surface area is 102 Å². The van der Waals surface area contributed by atoms with Crippen LogP contribution < -0.4 is 5.32 Å². The second kappa shape index (κ2) is 7.92. The molecule has 1 rings (SSSR count). The van der Waals surface area contributed by atoms with Crippen LogP contribution >= 0.6 is 0 Å². The number of carboxylic acid groups (broad SMARTS) is 1. The Bertz CT molecular complexity index is 248. The molecule has 0 aromatic rings. The van der Waals surface area contributed by atoms with Gasteiger partial charge in [0, 0.05) is 26.1 Å². The van der Waals surface area contributed by atoms with Crippen LogP contribution in [0, 0.1) is 0 Å². The lowest BCUT2D eigenvalue weighted by molar-refractivity contribution is -0.137. The molecule has 0 atom stereocenters. The molecule has 0 radical (unpaired) electrons. The van der Waals surface area contributed by atoms with Crippen molar-refractivity contribution in [1.29, 1.82) is 0 Å². The van der Waals surface area contributed by atoms with Gasteiger partial charge in [-0.05, 0) is 19.3 Å². The summed E-state index contributed by atoms with van der Waals surface area (Å²) in [5.74, 6) is -0.814. The summed E-state index contributed by atoms with van der Waals surface area (Å²) in [6, 6.07) is -0.0442. The molecule has 5 heteroatoms. The van der Waals surface area contributed by atoms with Gasteiger partial charge in [0.05, 0.1) is 0 Å². The van der Waals surface area contributed by atoms with Gasteiger partial charge < -0.3 is 15.3 Å². The smallest absolute Gasteiger partial charge is 0.317 e. The molecule has 1 heterocycles. The van der Waals surface area contributed by atoms with E-state index in [2.05, 4.69) is 5.32 Å². The molecule has 17 heavy (non-hydrogen) atoms. The van der Waals surface area contributed by atoms with Crippen LogP contribution in [0.15, 0.2) is 0 Å². The van der Waals surface area contributed by atoms with Gasteiger partial charge in [-0.1, -0.05) is 19.3 Å². The van der Waals surface area contributed by atoms with Gasteiger partial charge in [-0.25, -0.2) is 4.79 Å². The zero-order valence-electron chi connectivity index (χ0n) is 10.3. The summed E-state index contributed by atoms with van der Waals surface area (Å²) in [6.07, 6.45) is 6.42. The number of carboxylic acids is 1. The van der Waals surface area contributed by atoms with Crippen LogP contribution in [-0.4, -0.2) is 41.6 Å². The molecule has 0 spiro atoms. The highest BCUT2D eigenvalue weighted by atomic mass is 16.4. The van der Waals surface area contributed by atoms with E-state index in [4.69, 9.17) is 5.11 Å². The van der Waals surface area contributed by atoms with Crippen molar-refractivity contribution in [3.63, 3.8) is 0 Å². The Morgan fingerprint density at radius 2 is 1.65 bits per heavy atom. The SMILES string of the molecule is O=C(O)CCCNC(=O)N1CCCCCCC1. The first-order valence-electron chi connectivity index (χ1n) is 6.45. The molecule has 0 aliphatic carbocycles. The first-order valence-corrected chi connectivity index (χ1v) is 6.45. The molecule has 0 saturated carbocycles.